The number of likely N-dealkylation sites (N-methyl/N-ethyl adjacent to an activating group) is 1. The largest absolute Gasteiger partial charge is 0.457 e. The van der Waals surface area contributed by atoms with E-state index in [1.165, 1.54) is 18.5 Å². The third-order valence-electron chi connectivity index (χ3n) is 7.64. The zero-order valence-corrected chi connectivity index (χ0v) is 24.4. The molecule has 0 unspecified atom stereocenters. The Kier molecular flexibility index (Phi) is 8.67. The molecule has 2 fully saturated rings. The molecule has 10 nitrogen and oxygen atoms in total. The van der Waals surface area contributed by atoms with Crippen molar-refractivity contribution in [3.63, 3.8) is 0 Å². The van der Waals surface area contributed by atoms with Crippen LogP contribution in [-0.2, 0) is 9.63 Å². The molecule has 3 aromatic carbocycles. The van der Waals surface area contributed by atoms with Gasteiger partial charge in [-0.3, -0.25) is 9.63 Å². The van der Waals surface area contributed by atoms with Crippen molar-refractivity contribution in [2.24, 2.45) is 0 Å². The zero-order chi connectivity index (χ0) is 30.5. The highest BCUT2D eigenvalue weighted by atomic mass is 19.1. The standard InChI is InChI=1S/C33H34FN7O3/c1-3-33(42)38-28-20-27(26(34)19-30(28)40-15-13-39(2)14-16-40)37-31-21-32(36-22-35-31)41-29(12-17-43-41)23-8-7-11-25(18-23)44-24-9-5-4-6-10-24/h3-11,18-22,29H,1,12-17H2,2H3,(H,38,42)(H,35,36,37)/t29-/m1/s1. The molecule has 0 aliphatic carbocycles. The van der Waals surface area contributed by atoms with Gasteiger partial charge in [0.1, 0.15) is 29.5 Å². The number of halogens is 1. The molecule has 11 heteroatoms. The number of ether oxygens (including phenoxy) is 1. The molecule has 0 bridgehead atoms. The maximum absolute atomic E-state index is 15.5. The van der Waals surface area contributed by atoms with E-state index in [0.29, 0.717) is 42.7 Å². The van der Waals surface area contributed by atoms with Crippen molar-refractivity contribution in [3.8, 4) is 11.5 Å². The van der Waals surface area contributed by atoms with Crippen molar-refractivity contribution in [3.05, 3.63) is 103 Å². The summed E-state index contributed by atoms with van der Waals surface area (Å²) in [5, 5.41) is 7.64. The molecule has 2 aliphatic rings. The molecule has 4 aromatic rings. The maximum atomic E-state index is 15.5. The van der Waals surface area contributed by atoms with E-state index >= 15 is 4.39 Å². The molecule has 2 saturated heterocycles. The van der Waals surface area contributed by atoms with Crippen molar-refractivity contribution < 1.29 is 18.8 Å². The van der Waals surface area contributed by atoms with Gasteiger partial charge in [-0.05, 0) is 49.0 Å². The van der Waals surface area contributed by atoms with Crippen molar-refractivity contribution >= 4 is 34.6 Å². The molecule has 3 heterocycles. The van der Waals surface area contributed by atoms with Crippen LogP contribution >= 0.6 is 0 Å². The summed E-state index contributed by atoms with van der Waals surface area (Å²) >= 11 is 0. The van der Waals surface area contributed by atoms with E-state index in [2.05, 4.69) is 37.0 Å². The Balaban J connectivity index is 1.23. The number of amides is 1. The highest BCUT2D eigenvalue weighted by molar-refractivity contribution is 6.01. The number of nitrogens with zero attached hydrogens (tertiary/aromatic N) is 5. The van der Waals surface area contributed by atoms with Crippen LogP contribution < -0.4 is 25.3 Å². The van der Waals surface area contributed by atoms with Gasteiger partial charge in [0.15, 0.2) is 5.82 Å². The SMILES string of the molecule is C=CC(=O)Nc1cc(Nc2cc(N3OCC[C@@H]3c3cccc(Oc4ccccc4)c3)ncn2)c(F)cc1N1CCN(C)CC1. The summed E-state index contributed by atoms with van der Waals surface area (Å²) in [4.78, 5) is 31.3. The van der Waals surface area contributed by atoms with Crippen LogP contribution in [0.15, 0.2) is 91.8 Å². The van der Waals surface area contributed by atoms with Crippen LogP contribution in [0.5, 0.6) is 11.5 Å². The molecule has 0 spiro atoms. The minimum absolute atomic E-state index is 0.114. The van der Waals surface area contributed by atoms with Crippen molar-refractivity contribution in [1.29, 1.82) is 0 Å². The molecular formula is C33H34FN7O3. The first-order chi connectivity index (χ1) is 21.5. The molecule has 0 radical (unpaired) electrons. The van der Waals surface area contributed by atoms with Gasteiger partial charge in [0, 0.05) is 44.7 Å². The second kappa shape index (κ2) is 13.1. The average Bonchev–Trinajstić information content (AvgIpc) is 3.54. The van der Waals surface area contributed by atoms with Crippen LogP contribution in [0.3, 0.4) is 0 Å². The minimum Gasteiger partial charge on any atom is -0.457 e. The molecule has 2 aliphatic heterocycles. The highest BCUT2D eigenvalue weighted by Crippen LogP contribution is 2.37. The summed E-state index contributed by atoms with van der Waals surface area (Å²) in [6, 6.07) is 22.1. The summed E-state index contributed by atoms with van der Waals surface area (Å²) in [6.45, 7) is 7.17. The third kappa shape index (κ3) is 6.64. The lowest BCUT2D eigenvalue weighted by atomic mass is 10.0. The number of carbonyl (C=O) groups excluding carboxylic acids is 1. The Labute approximate surface area is 255 Å². The van der Waals surface area contributed by atoms with Gasteiger partial charge in [-0.1, -0.05) is 36.9 Å². The van der Waals surface area contributed by atoms with Crippen molar-refractivity contribution in [1.82, 2.24) is 14.9 Å². The van der Waals surface area contributed by atoms with Gasteiger partial charge >= 0.3 is 0 Å². The quantitative estimate of drug-likeness (QED) is 0.229. The number of nitrogens with one attached hydrogen (secondary N) is 2. The van der Waals surface area contributed by atoms with E-state index in [9.17, 15) is 4.79 Å². The number of para-hydroxylation sites is 1. The first kappa shape index (κ1) is 29.1. The molecule has 44 heavy (non-hydrogen) atoms. The Hall–Kier alpha value is -5.00. The van der Waals surface area contributed by atoms with E-state index in [0.717, 1.165) is 36.6 Å². The first-order valence-corrected chi connectivity index (χ1v) is 14.5. The minimum atomic E-state index is -0.471. The number of carbonyl (C=O) groups is 1. The van der Waals surface area contributed by atoms with Gasteiger partial charge in [0.2, 0.25) is 5.91 Å². The Bertz CT molecular complexity index is 1630. The summed E-state index contributed by atoms with van der Waals surface area (Å²) in [5.74, 6) is 1.53. The molecule has 226 valence electrons. The Morgan fingerprint density at radius 3 is 2.59 bits per heavy atom. The number of benzene rings is 3. The zero-order valence-electron chi connectivity index (χ0n) is 24.4. The van der Waals surface area contributed by atoms with E-state index in [-0.39, 0.29) is 17.6 Å². The fourth-order valence-electron chi connectivity index (χ4n) is 5.33. The Morgan fingerprint density at radius 1 is 1.00 bits per heavy atom. The second-order valence-electron chi connectivity index (χ2n) is 10.7. The molecule has 1 aromatic heterocycles. The normalized spacial score (nSPS) is 16.9. The first-order valence-electron chi connectivity index (χ1n) is 14.5. The van der Waals surface area contributed by atoms with Crippen molar-refractivity contribution in [2.45, 2.75) is 12.5 Å². The molecule has 1 atom stereocenters. The number of anilines is 5. The lowest BCUT2D eigenvalue weighted by molar-refractivity contribution is -0.111. The van der Waals surface area contributed by atoms with Gasteiger partial charge in [-0.25, -0.2) is 19.4 Å². The van der Waals surface area contributed by atoms with E-state index in [4.69, 9.17) is 9.57 Å². The fourth-order valence-corrected chi connectivity index (χ4v) is 5.33. The van der Waals surface area contributed by atoms with E-state index < -0.39 is 5.82 Å². The molecule has 1 amide bonds. The average molecular weight is 596 g/mol. The Morgan fingerprint density at radius 2 is 1.80 bits per heavy atom. The third-order valence-corrected chi connectivity index (χ3v) is 7.64. The topological polar surface area (TPSA) is 95.1 Å². The van der Waals surface area contributed by atoms with Crippen LogP contribution in [0.2, 0.25) is 0 Å². The summed E-state index contributed by atoms with van der Waals surface area (Å²) in [7, 11) is 2.05. The van der Waals surface area contributed by atoms with Crippen LogP contribution in [0.1, 0.15) is 18.0 Å². The van der Waals surface area contributed by atoms with Gasteiger partial charge in [0.05, 0.1) is 29.7 Å². The van der Waals surface area contributed by atoms with Crippen LogP contribution in [0, 0.1) is 5.82 Å². The molecular weight excluding hydrogens is 561 g/mol. The lowest BCUT2D eigenvalue weighted by Gasteiger charge is -2.35. The highest BCUT2D eigenvalue weighted by Gasteiger charge is 2.30. The second-order valence-corrected chi connectivity index (χ2v) is 10.7. The smallest absolute Gasteiger partial charge is 0.247 e. The van der Waals surface area contributed by atoms with Gasteiger partial charge in [-0.15, -0.1) is 0 Å². The van der Waals surface area contributed by atoms with Crippen LogP contribution in [-0.4, -0.2) is 60.6 Å². The predicted molar refractivity (Wildman–Crippen MR) is 169 cm³/mol. The lowest BCUT2D eigenvalue weighted by Crippen LogP contribution is -2.44. The molecule has 6 rings (SSSR count). The van der Waals surface area contributed by atoms with Gasteiger partial charge in [0.25, 0.3) is 0 Å². The van der Waals surface area contributed by atoms with E-state index in [1.807, 2.05) is 61.6 Å². The monoisotopic (exact) mass is 595 g/mol. The fraction of sp³-hybridized carbons (Fsp3) is 0.242. The number of hydrogen-bond acceptors (Lipinski definition) is 9. The molecule has 2 N–H and O–H groups in total. The number of piperazine rings is 1. The number of aromatic nitrogens is 2. The van der Waals surface area contributed by atoms with Crippen molar-refractivity contribution in [2.75, 3.05) is 60.4 Å². The van der Waals surface area contributed by atoms with Crippen LogP contribution in [0.4, 0.5) is 33.1 Å². The number of hydrogen-bond donors (Lipinski definition) is 2. The van der Waals surface area contributed by atoms with Crippen LogP contribution in [0.25, 0.3) is 0 Å². The van der Waals surface area contributed by atoms with Gasteiger partial charge in [-0.2, -0.15) is 0 Å². The number of rotatable bonds is 9. The number of hydroxylamine groups is 1. The van der Waals surface area contributed by atoms with E-state index in [1.54, 1.807) is 17.2 Å². The molecule has 0 saturated carbocycles. The summed E-state index contributed by atoms with van der Waals surface area (Å²) in [6.07, 6.45) is 3.34. The summed E-state index contributed by atoms with van der Waals surface area (Å²) in [5.41, 5.74) is 2.28. The predicted octanol–water partition coefficient (Wildman–Crippen LogP) is 5.91. The maximum Gasteiger partial charge on any atom is 0.247 e. The summed E-state index contributed by atoms with van der Waals surface area (Å²) < 4.78 is 21.6. The van der Waals surface area contributed by atoms with Gasteiger partial charge < -0.3 is 25.2 Å².